The minimum absolute atomic E-state index is 0.0608. The Bertz CT molecular complexity index is 574. The van der Waals surface area contributed by atoms with Gasteiger partial charge in [0.05, 0.1) is 18.2 Å². The van der Waals surface area contributed by atoms with Crippen LogP contribution >= 0.6 is 34.2 Å². The summed E-state index contributed by atoms with van der Waals surface area (Å²) in [6, 6.07) is 14.2. The lowest BCUT2D eigenvalue weighted by molar-refractivity contribution is 0.405. The van der Waals surface area contributed by atoms with Crippen molar-refractivity contribution in [1.82, 2.24) is 5.32 Å². The fraction of sp³-hybridized carbons (Fsp3) is 0.200. The maximum absolute atomic E-state index is 6.21. The van der Waals surface area contributed by atoms with Crippen LogP contribution in [0, 0.1) is 3.57 Å². The van der Waals surface area contributed by atoms with Crippen molar-refractivity contribution in [3.8, 4) is 5.75 Å². The molecule has 2 nitrogen and oxygen atoms in total. The number of benzene rings is 2. The van der Waals surface area contributed by atoms with Crippen LogP contribution in [0.4, 0.5) is 0 Å². The molecule has 0 aliphatic heterocycles. The number of para-hydroxylation sites is 1. The van der Waals surface area contributed by atoms with E-state index in [9.17, 15) is 0 Å². The molecular formula is C15H15ClINO. The first-order valence-electron chi connectivity index (χ1n) is 5.92. The van der Waals surface area contributed by atoms with E-state index >= 15 is 0 Å². The summed E-state index contributed by atoms with van der Waals surface area (Å²) in [6.45, 7) is 0. The summed E-state index contributed by atoms with van der Waals surface area (Å²) >= 11 is 8.44. The van der Waals surface area contributed by atoms with Crippen molar-refractivity contribution in [2.24, 2.45) is 0 Å². The van der Waals surface area contributed by atoms with Crippen LogP contribution in [0.2, 0.25) is 5.02 Å². The fourth-order valence-corrected chi connectivity index (χ4v) is 2.62. The van der Waals surface area contributed by atoms with Crippen LogP contribution in [-0.2, 0) is 0 Å². The van der Waals surface area contributed by atoms with Crippen molar-refractivity contribution in [3.05, 3.63) is 62.2 Å². The van der Waals surface area contributed by atoms with Crippen molar-refractivity contribution < 1.29 is 4.74 Å². The number of ether oxygens (including phenoxy) is 1. The molecule has 4 heteroatoms. The van der Waals surface area contributed by atoms with Gasteiger partial charge in [0.1, 0.15) is 5.75 Å². The molecule has 0 aliphatic rings. The Hall–Kier alpha value is -0.780. The van der Waals surface area contributed by atoms with Gasteiger partial charge in [0, 0.05) is 9.13 Å². The molecule has 0 saturated heterocycles. The maximum Gasteiger partial charge on any atom is 0.123 e. The van der Waals surface area contributed by atoms with Gasteiger partial charge in [0.25, 0.3) is 0 Å². The molecule has 0 bridgehead atoms. The lowest BCUT2D eigenvalue weighted by atomic mass is 9.98. The molecule has 1 N–H and O–H groups in total. The molecule has 19 heavy (non-hydrogen) atoms. The minimum Gasteiger partial charge on any atom is -0.496 e. The van der Waals surface area contributed by atoms with Gasteiger partial charge in [-0.25, -0.2) is 0 Å². The summed E-state index contributed by atoms with van der Waals surface area (Å²) in [5.74, 6) is 0.872. The molecule has 0 fully saturated rings. The Labute approximate surface area is 132 Å². The molecule has 0 radical (unpaired) electrons. The Morgan fingerprint density at radius 2 is 1.95 bits per heavy atom. The van der Waals surface area contributed by atoms with Gasteiger partial charge >= 0.3 is 0 Å². The molecule has 0 spiro atoms. The summed E-state index contributed by atoms with van der Waals surface area (Å²) < 4.78 is 6.48. The topological polar surface area (TPSA) is 21.3 Å². The monoisotopic (exact) mass is 387 g/mol. The Morgan fingerprint density at radius 3 is 2.58 bits per heavy atom. The lowest BCUT2D eigenvalue weighted by Gasteiger charge is -2.20. The van der Waals surface area contributed by atoms with Crippen molar-refractivity contribution in [2.75, 3.05) is 14.2 Å². The highest BCUT2D eigenvalue weighted by molar-refractivity contribution is 14.1. The predicted octanol–water partition coefficient (Wildman–Crippen LogP) is 4.26. The van der Waals surface area contributed by atoms with E-state index in [0.29, 0.717) is 0 Å². The average Bonchev–Trinajstić information content (AvgIpc) is 2.44. The number of hydrogen-bond acceptors (Lipinski definition) is 2. The molecule has 0 aromatic heterocycles. The zero-order chi connectivity index (χ0) is 13.8. The summed E-state index contributed by atoms with van der Waals surface area (Å²) in [7, 11) is 3.62. The third-order valence-corrected chi connectivity index (χ3v) is 4.59. The van der Waals surface area contributed by atoms with Crippen LogP contribution in [0.5, 0.6) is 5.75 Å². The second kappa shape index (κ2) is 6.59. The number of methoxy groups -OCH3 is 1. The first kappa shape index (κ1) is 14.6. The van der Waals surface area contributed by atoms with Crippen LogP contribution in [0.15, 0.2) is 42.5 Å². The Kier molecular flexibility index (Phi) is 5.07. The molecule has 2 rings (SSSR count). The quantitative estimate of drug-likeness (QED) is 0.792. The summed E-state index contributed by atoms with van der Waals surface area (Å²) in [4.78, 5) is 0. The van der Waals surface area contributed by atoms with Gasteiger partial charge in [0.15, 0.2) is 0 Å². The van der Waals surface area contributed by atoms with Crippen molar-refractivity contribution in [2.45, 2.75) is 6.04 Å². The van der Waals surface area contributed by atoms with Gasteiger partial charge in [-0.15, -0.1) is 0 Å². The second-order valence-corrected chi connectivity index (χ2v) is 5.71. The first-order chi connectivity index (χ1) is 9.17. The molecule has 1 atom stereocenters. The lowest BCUT2D eigenvalue weighted by Crippen LogP contribution is -2.18. The van der Waals surface area contributed by atoms with Crippen LogP contribution in [0.25, 0.3) is 0 Å². The fourth-order valence-electron chi connectivity index (χ4n) is 2.10. The zero-order valence-corrected chi connectivity index (χ0v) is 13.7. The second-order valence-electron chi connectivity index (χ2n) is 4.14. The highest BCUT2D eigenvalue weighted by Gasteiger charge is 2.16. The molecular weight excluding hydrogens is 373 g/mol. The molecule has 0 saturated carbocycles. The van der Waals surface area contributed by atoms with Gasteiger partial charge in [-0.2, -0.15) is 0 Å². The van der Waals surface area contributed by atoms with Crippen molar-refractivity contribution in [3.63, 3.8) is 0 Å². The van der Waals surface area contributed by atoms with E-state index in [0.717, 1.165) is 25.5 Å². The van der Waals surface area contributed by atoms with E-state index in [1.54, 1.807) is 7.11 Å². The number of rotatable bonds is 4. The molecule has 2 aromatic carbocycles. The van der Waals surface area contributed by atoms with Crippen LogP contribution in [0.3, 0.4) is 0 Å². The first-order valence-corrected chi connectivity index (χ1v) is 7.38. The van der Waals surface area contributed by atoms with Gasteiger partial charge in [-0.3, -0.25) is 0 Å². The van der Waals surface area contributed by atoms with E-state index in [1.165, 1.54) is 0 Å². The largest absolute Gasteiger partial charge is 0.496 e. The smallest absolute Gasteiger partial charge is 0.123 e. The third kappa shape index (κ3) is 3.22. The van der Waals surface area contributed by atoms with E-state index in [2.05, 4.69) is 40.0 Å². The predicted molar refractivity (Wildman–Crippen MR) is 88.1 cm³/mol. The highest BCUT2D eigenvalue weighted by atomic mass is 127. The minimum atomic E-state index is 0.0608. The average molecular weight is 388 g/mol. The summed E-state index contributed by atoms with van der Waals surface area (Å²) in [6.07, 6.45) is 0. The standard InChI is InChI=1S/C15H15ClINO/c1-18-15(10-7-8-13(17)12(16)9-10)11-5-3-4-6-14(11)19-2/h3-9,15,18H,1-2H3. The number of halogens is 2. The molecule has 0 heterocycles. The van der Waals surface area contributed by atoms with Crippen LogP contribution < -0.4 is 10.1 Å². The van der Waals surface area contributed by atoms with Gasteiger partial charge in [-0.05, 0) is 53.4 Å². The van der Waals surface area contributed by atoms with E-state index in [4.69, 9.17) is 16.3 Å². The van der Waals surface area contributed by atoms with Gasteiger partial charge < -0.3 is 10.1 Å². The van der Waals surface area contributed by atoms with Crippen LogP contribution in [-0.4, -0.2) is 14.2 Å². The highest BCUT2D eigenvalue weighted by Crippen LogP contribution is 2.31. The van der Waals surface area contributed by atoms with Gasteiger partial charge in [-0.1, -0.05) is 35.9 Å². The summed E-state index contributed by atoms with van der Waals surface area (Å²) in [5, 5.41) is 4.09. The molecule has 0 aliphatic carbocycles. The summed E-state index contributed by atoms with van der Waals surface area (Å²) in [5.41, 5.74) is 2.22. The maximum atomic E-state index is 6.21. The van der Waals surface area contributed by atoms with E-state index in [1.807, 2.05) is 37.4 Å². The number of nitrogens with one attached hydrogen (secondary N) is 1. The van der Waals surface area contributed by atoms with Gasteiger partial charge in [0.2, 0.25) is 0 Å². The Balaban J connectivity index is 2.46. The van der Waals surface area contributed by atoms with E-state index in [-0.39, 0.29) is 6.04 Å². The molecule has 2 aromatic rings. The van der Waals surface area contributed by atoms with E-state index < -0.39 is 0 Å². The SMILES string of the molecule is CNC(c1ccc(I)c(Cl)c1)c1ccccc1OC. The third-order valence-electron chi connectivity index (χ3n) is 3.02. The van der Waals surface area contributed by atoms with Crippen molar-refractivity contribution >= 4 is 34.2 Å². The molecule has 1 unspecified atom stereocenters. The molecule has 100 valence electrons. The van der Waals surface area contributed by atoms with Crippen molar-refractivity contribution in [1.29, 1.82) is 0 Å². The molecule has 0 amide bonds. The van der Waals surface area contributed by atoms with Crippen LogP contribution in [0.1, 0.15) is 17.2 Å². The zero-order valence-electron chi connectivity index (χ0n) is 10.8. The Morgan fingerprint density at radius 1 is 1.21 bits per heavy atom. The number of hydrogen-bond donors (Lipinski definition) is 1. The normalized spacial score (nSPS) is 12.2.